The van der Waals surface area contributed by atoms with E-state index in [1.54, 1.807) is 24.3 Å². The van der Waals surface area contributed by atoms with Gasteiger partial charge in [0, 0.05) is 10.6 Å². The van der Waals surface area contributed by atoms with E-state index in [2.05, 4.69) is 4.18 Å². The number of rotatable bonds is 5. The zero-order valence-electron chi connectivity index (χ0n) is 8.20. The van der Waals surface area contributed by atoms with Gasteiger partial charge >= 0.3 is 10.4 Å². The maximum absolute atomic E-state index is 11.6. The van der Waals surface area contributed by atoms with Crippen LogP contribution in [0.2, 0.25) is 0 Å². The Kier molecular flexibility index (Phi) is 4.42. The van der Waals surface area contributed by atoms with Gasteiger partial charge in [-0.15, -0.1) is 0 Å². The van der Waals surface area contributed by atoms with Crippen LogP contribution in [0.5, 0.6) is 0 Å². The highest BCUT2D eigenvalue weighted by molar-refractivity contribution is 7.85. The van der Waals surface area contributed by atoms with Gasteiger partial charge in [-0.2, -0.15) is 8.42 Å². The van der Waals surface area contributed by atoms with E-state index in [1.807, 2.05) is 0 Å². The molecule has 1 atom stereocenters. The van der Waals surface area contributed by atoms with Gasteiger partial charge in [0.15, 0.2) is 0 Å². The van der Waals surface area contributed by atoms with Crippen molar-refractivity contribution in [1.82, 2.24) is 0 Å². The second-order valence-corrected chi connectivity index (χ2v) is 5.53. The lowest BCUT2D eigenvalue weighted by molar-refractivity contribution is 0.284. The minimum atomic E-state index is -4.46. The Morgan fingerprint density at radius 2 is 1.88 bits per heavy atom. The van der Waals surface area contributed by atoms with Crippen LogP contribution in [0.25, 0.3) is 0 Å². The van der Waals surface area contributed by atoms with Gasteiger partial charge in [0.2, 0.25) is 0 Å². The number of anilines is 1. The molecule has 1 aromatic rings. The van der Waals surface area contributed by atoms with E-state index < -0.39 is 21.2 Å². The summed E-state index contributed by atoms with van der Waals surface area (Å²) in [6, 6.07) is 6.35. The molecule has 0 radical (unpaired) electrons. The Hall–Kier alpha value is -0.960. The summed E-state index contributed by atoms with van der Waals surface area (Å²) in [5, 5.41) is 0. The molecule has 1 aromatic carbocycles. The predicted octanol–water partition coefficient (Wildman–Crippen LogP) is 0.196. The smallest absolute Gasteiger partial charge is 0.397 e. The van der Waals surface area contributed by atoms with Crippen molar-refractivity contribution in [2.45, 2.75) is 4.90 Å². The van der Waals surface area contributed by atoms with Crippen molar-refractivity contribution in [3.8, 4) is 0 Å². The Balaban J connectivity index is 2.50. The van der Waals surface area contributed by atoms with Crippen LogP contribution in [-0.4, -0.2) is 29.5 Å². The molecule has 1 unspecified atom stereocenters. The van der Waals surface area contributed by atoms with Gasteiger partial charge in [-0.05, 0) is 24.3 Å². The third kappa shape index (κ3) is 4.71. The van der Waals surface area contributed by atoms with Gasteiger partial charge in [-0.1, -0.05) is 0 Å². The Morgan fingerprint density at radius 1 is 1.31 bits per heavy atom. The first-order chi connectivity index (χ1) is 7.38. The van der Waals surface area contributed by atoms with E-state index in [-0.39, 0.29) is 12.4 Å². The van der Waals surface area contributed by atoms with E-state index >= 15 is 0 Å². The second-order valence-electron chi connectivity index (χ2n) is 2.87. The minimum absolute atomic E-state index is 0.0241. The lowest BCUT2D eigenvalue weighted by Gasteiger charge is -2.02. The summed E-state index contributed by atoms with van der Waals surface area (Å²) in [6.07, 6.45) is 0. The van der Waals surface area contributed by atoms with E-state index in [0.717, 1.165) is 0 Å². The molecule has 0 saturated heterocycles. The second kappa shape index (κ2) is 5.39. The van der Waals surface area contributed by atoms with Crippen LogP contribution in [0.4, 0.5) is 5.69 Å². The van der Waals surface area contributed by atoms with Gasteiger partial charge in [0.25, 0.3) is 0 Å². The molecule has 0 spiro atoms. The van der Waals surface area contributed by atoms with Crippen LogP contribution in [0, 0.1) is 0 Å². The SMILES string of the molecule is Nc1ccc(S(=O)CCOS(=O)(=O)O)cc1. The highest BCUT2D eigenvalue weighted by Gasteiger charge is 2.08. The van der Waals surface area contributed by atoms with E-state index in [0.29, 0.717) is 10.6 Å². The average Bonchev–Trinajstić information content (AvgIpc) is 2.16. The summed E-state index contributed by atoms with van der Waals surface area (Å²) in [4.78, 5) is 0.521. The fraction of sp³-hybridized carbons (Fsp3) is 0.250. The molecule has 0 saturated carbocycles. The minimum Gasteiger partial charge on any atom is -0.399 e. The number of nitrogen functional groups attached to an aromatic ring is 1. The Morgan fingerprint density at radius 3 is 2.38 bits per heavy atom. The molecule has 0 amide bonds. The Bertz CT molecular complexity index is 468. The molecule has 16 heavy (non-hydrogen) atoms. The van der Waals surface area contributed by atoms with Crippen molar-refractivity contribution in [3.05, 3.63) is 24.3 Å². The van der Waals surface area contributed by atoms with Gasteiger partial charge < -0.3 is 5.73 Å². The van der Waals surface area contributed by atoms with Gasteiger partial charge in [0.05, 0.1) is 23.2 Å². The molecule has 0 aliphatic heterocycles. The van der Waals surface area contributed by atoms with E-state index in [9.17, 15) is 12.6 Å². The van der Waals surface area contributed by atoms with Crippen molar-refractivity contribution in [2.75, 3.05) is 18.1 Å². The summed E-state index contributed by atoms with van der Waals surface area (Å²) in [5.74, 6) is -0.0241. The Labute approximate surface area is 95.8 Å². The lowest BCUT2D eigenvalue weighted by Crippen LogP contribution is -2.11. The first-order valence-electron chi connectivity index (χ1n) is 4.24. The van der Waals surface area contributed by atoms with Crippen LogP contribution >= 0.6 is 0 Å². The zero-order valence-corrected chi connectivity index (χ0v) is 9.83. The summed E-state index contributed by atoms with van der Waals surface area (Å²) in [7, 11) is -5.85. The predicted molar refractivity (Wildman–Crippen MR) is 59.6 cm³/mol. The standard InChI is InChI=1S/C8H11NO5S2/c9-7-1-3-8(4-2-7)15(10)6-5-14-16(11,12)13/h1-4H,5-6,9H2,(H,11,12,13). The maximum atomic E-state index is 11.6. The molecule has 0 bridgehead atoms. The van der Waals surface area contributed by atoms with Crippen molar-refractivity contribution >= 4 is 26.9 Å². The molecule has 0 fully saturated rings. The monoisotopic (exact) mass is 265 g/mol. The van der Waals surface area contributed by atoms with Crippen molar-refractivity contribution < 1.29 is 21.4 Å². The molecule has 8 heteroatoms. The van der Waals surface area contributed by atoms with Crippen LogP contribution in [0.15, 0.2) is 29.2 Å². The summed E-state index contributed by atoms with van der Waals surface area (Å²) >= 11 is 0. The van der Waals surface area contributed by atoms with Gasteiger partial charge in [-0.3, -0.25) is 8.76 Å². The van der Waals surface area contributed by atoms with E-state index in [1.165, 1.54) is 0 Å². The third-order valence-corrected chi connectivity index (χ3v) is 3.44. The van der Waals surface area contributed by atoms with Crippen molar-refractivity contribution in [3.63, 3.8) is 0 Å². The quantitative estimate of drug-likeness (QED) is 0.581. The van der Waals surface area contributed by atoms with Crippen LogP contribution < -0.4 is 5.73 Å². The maximum Gasteiger partial charge on any atom is 0.397 e. The third-order valence-electron chi connectivity index (χ3n) is 1.64. The number of hydrogen-bond donors (Lipinski definition) is 2. The lowest BCUT2D eigenvalue weighted by atomic mass is 10.3. The molecule has 1 rings (SSSR count). The fourth-order valence-electron chi connectivity index (χ4n) is 0.952. The molecular formula is C8H11NO5S2. The zero-order chi connectivity index (χ0) is 12.2. The van der Waals surface area contributed by atoms with Crippen molar-refractivity contribution in [1.29, 1.82) is 0 Å². The normalized spacial score (nSPS) is 13.6. The molecule has 0 heterocycles. The summed E-state index contributed by atoms with van der Waals surface area (Å²) in [5.41, 5.74) is 6.00. The molecule has 6 nitrogen and oxygen atoms in total. The molecule has 90 valence electrons. The topological polar surface area (TPSA) is 107 Å². The number of nitrogens with two attached hydrogens (primary N) is 1. The first kappa shape index (κ1) is 13.1. The molecule has 0 aliphatic carbocycles. The van der Waals surface area contributed by atoms with Gasteiger partial charge in [-0.25, -0.2) is 4.18 Å². The molecule has 0 aliphatic rings. The fourth-order valence-corrected chi connectivity index (χ4v) is 2.26. The molecular weight excluding hydrogens is 254 g/mol. The summed E-state index contributed by atoms with van der Waals surface area (Å²) < 4.78 is 44.3. The van der Waals surface area contributed by atoms with Crippen LogP contribution in [-0.2, 0) is 25.4 Å². The first-order valence-corrected chi connectivity index (χ1v) is 6.92. The van der Waals surface area contributed by atoms with Crippen molar-refractivity contribution in [2.24, 2.45) is 0 Å². The van der Waals surface area contributed by atoms with E-state index in [4.69, 9.17) is 10.3 Å². The highest BCUT2D eigenvalue weighted by Crippen LogP contribution is 2.10. The largest absolute Gasteiger partial charge is 0.399 e. The molecule has 0 aromatic heterocycles. The average molecular weight is 265 g/mol. The highest BCUT2D eigenvalue weighted by atomic mass is 32.3. The number of hydrogen-bond acceptors (Lipinski definition) is 5. The number of benzene rings is 1. The molecule has 3 N–H and O–H groups in total. The van der Waals surface area contributed by atoms with Gasteiger partial charge in [0.1, 0.15) is 0 Å². The van der Waals surface area contributed by atoms with Crippen LogP contribution in [0.1, 0.15) is 0 Å². The van der Waals surface area contributed by atoms with Crippen LogP contribution in [0.3, 0.4) is 0 Å². The summed E-state index contributed by atoms with van der Waals surface area (Å²) in [6.45, 7) is -0.337.